The molecule has 0 saturated heterocycles. The van der Waals surface area contributed by atoms with Crippen LogP contribution in [-0.2, 0) is 10.1 Å². The number of aromatic nitrogens is 1. The van der Waals surface area contributed by atoms with Crippen LogP contribution in [0.4, 0.5) is 0 Å². The van der Waals surface area contributed by atoms with Crippen molar-refractivity contribution in [1.82, 2.24) is 4.98 Å². The summed E-state index contributed by atoms with van der Waals surface area (Å²) in [5, 5.41) is 2.08. The molecule has 0 atom stereocenters. The van der Waals surface area contributed by atoms with Crippen LogP contribution in [0.1, 0.15) is 0 Å². The van der Waals surface area contributed by atoms with Gasteiger partial charge in [0.2, 0.25) is 0 Å². The number of rotatable bonds is 3. The Kier molecular flexibility index (Phi) is 4.08. The Morgan fingerprint density at radius 3 is 2.50 bits per heavy atom. The minimum absolute atomic E-state index is 0.0723. The molecule has 0 spiro atoms. The molecule has 2 aromatic carbocycles. The van der Waals surface area contributed by atoms with Crippen molar-refractivity contribution in [3.63, 3.8) is 0 Å². The molecule has 0 fully saturated rings. The van der Waals surface area contributed by atoms with Crippen molar-refractivity contribution < 1.29 is 12.6 Å². The van der Waals surface area contributed by atoms with Gasteiger partial charge >= 0.3 is 10.1 Å². The van der Waals surface area contributed by atoms with E-state index in [1.807, 2.05) is 24.3 Å². The van der Waals surface area contributed by atoms with Crippen molar-refractivity contribution >= 4 is 48.4 Å². The minimum Gasteiger partial charge on any atom is -0.379 e. The molecule has 0 unspecified atom stereocenters. The van der Waals surface area contributed by atoms with E-state index in [0.29, 0.717) is 4.47 Å². The average molecular weight is 399 g/mol. The summed E-state index contributed by atoms with van der Waals surface area (Å²) in [6, 6.07) is 14.0. The highest BCUT2D eigenvalue weighted by molar-refractivity contribution is 9.10. The average Bonchev–Trinajstić information content (AvgIpc) is 2.49. The summed E-state index contributed by atoms with van der Waals surface area (Å²) in [5.74, 6) is 0.241. The highest BCUT2D eigenvalue weighted by Gasteiger charge is 2.18. The molecule has 0 aliphatic rings. The zero-order valence-electron chi connectivity index (χ0n) is 11.0. The Balaban J connectivity index is 1.97. The molecule has 112 valence electrons. The van der Waals surface area contributed by atoms with Crippen LogP contribution in [0.15, 0.2) is 64.1 Å². The monoisotopic (exact) mass is 397 g/mol. The molecule has 0 amide bonds. The van der Waals surface area contributed by atoms with E-state index in [0.717, 1.165) is 17.0 Å². The number of nitrogens with zero attached hydrogens (tertiary/aromatic N) is 1. The van der Waals surface area contributed by atoms with Gasteiger partial charge in [0.15, 0.2) is 0 Å². The first-order valence-electron chi connectivity index (χ1n) is 6.20. The smallest absolute Gasteiger partial charge is 0.340 e. The highest BCUT2D eigenvalue weighted by Crippen LogP contribution is 2.26. The normalized spacial score (nSPS) is 11.5. The van der Waals surface area contributed by atoms with E-state index in [1.165, 1.54) is 6.07 Å². The molecule has 0 aliphatic heterocycles. The maximum Gasteiger partial charge on any atom is 0.340 e. The van der Waals surface area contributed by atoms with Crippen molar-refractivity contribution in [3.05, 3.63) is 64.4 Å². The molecule has 0 aliphatic carbocycles. The molecule has 1 aromatic heterocycles. The second-order valence-electron chi connectivity index (χ2n) is 4.49. The Hall–Kier alpha value is -1.63. The number of halogens is 2. The molecule has 7 heteroatoms. The van der Waals surface area contributed by atoms with Gasteiger partial charge in [-0.3, -0.25) is 0 Å². The fourth-order valence-electron chi connectivity index (χ4n) is 1.93. The van der Waals surface area contributed by atoms with Crippen LogP contribution in [0.25, 0.3) is 10.8 Å². The van der Waals surface area contributed by atoms with E-state index < -0.39 is 10.1 Å². The summed E-state index contributed by atoms with van der Waals surface area (Å²) in [6.07, 6.45) is 1.16. The van der Waals surface area contributed by atoms with Crippen LogP contribution in [-0.4, -0.2) is 13.4 Å². The van der Waals surface area contributed by atoms with Gasteiger partial charge in [-0.25, -0.2) is 4.98 Å². The predicted molar refractivity (Wildman–Crippen MR) is 88.7 cm³/mol. The zero-order chi connectivity index (χ0) is 15.7. The topological polar surface area (TPSA) is 56.3 Å². The summed E-state index contributed by atoms with van der Waals surface area (Å²) in [6.45, 7) is 0. The third-order valence-electron chi connectivity index (χ3n) is 2.99. The fraction of sp³-hybridized carbons (Fsp3) is 0. The lowest BCUT2D eigenvalue weighted by molar-refractivity contribution is 0.486. The van der Waals surface area contributed by atoms with E-state index in [-0.39, 0.29) is 15.8 Å². The number of benzene rings is 2. The number of hydrogen-bond donors (Lipinski definition) is 0. The summed E-state index contributed by atoms with van der Waals surface area (Å²) in [5.41, 5.74) is 0. The van der Waals surface area contributed by atoms with Gasteiger partial charge in [-0.15, -0.1) is 0 Å². The molecule has 3 aromatic rings. The first-order chi connectivity index (χ1) is 10.5. The summed E-state index contributed by atoms with van der Waals surface area (Å²) >= 11 is 8.90. The van der Waals surface area contributed by atoms with E-state index >= 15 is 0 Å². The molecule has 0 N–H and O–H groups in total. The number of fused-ring (bicyclic) bond motifs is 1. The van der Waals surface area contributed by atoms with E-state index in [2.05, 4.69) is 20.9 Å². The predicted octanol–water partition coefficient (Wildman–Crippen LogP) is 4.42. The molecule has 3 rings (SSSR count). The van der Waals surface area contributed by atoms with Crippen molar-refractivity contribution in [2.75, 3.05) is 0 Å². The van der Waals surface area contributed by atoms with Crippen molar-refractivity contribution in [2.45, 2.75) is 4.90 Å². The number of hydrogen-bond acceptors (Lipinski definition) is 4. The van der Waals surface area contributed by atoms with Gasteiger partial charge in [-0.2, -0.15) is 8.42 Å². The largest absolute Gasteiger partial charge is 0.379 e. The lowest BCUT2D eigenvalue weighted by Crippen LogP contribution is -2.10. The van der Waals surface area contributed by atoms with Crippen molar-refractivity contribution in [3.8, 4) is 5.75 Å². The molecule has 1 heterocycles. The Bertz CT molecular complexity index is 960. The summed E-state index contributed by atoms with van der Waals surface area (Å²) in [4.78, 5) is 3.72. The van der Waals surface area contributed by atoms with E-state index in [9.17, 15) is 8.42 Å². The molecule has 0 saturated carbocycles. The van der Waals surface area contributed by atoms with Gasteiger partial charge in [0.25, 0.3) is 0 Å². The van der Waals surface area contributed by atoms with Crippen LogP contribution in [0.3, 0.4) is 0 Å². The maximum atomic E-state index is 12.3. The standard InChI is InChI=1S/C15H9BrClNO3S/c16-14-8-13(9-18-15(14)17)22(19,20)21-12-6-5-10-3-1-2-4-11(10)7-12/h1-9H. The third-order valence-corrected chi connectivity index (χ3v) is 5.33. The van der Waals surface area contributed by atoms with Gasteiger partial charge in [0.05, 0.1) is 10.7 Å². The Morgan fingerprint density at radius 1 is 1.05 bits per heavy atom. The zero-order valence-corrected chi connectivity index (χ0v) is 14.2. The van der Waals surface area contributed by atoms with Crippen LogP contribution < -0.4 is 4.18 Å². The van der Waals surface area contributed by atoms with Crippen molar-refractivity contribution in [1.29, 1.82) is 0 Å². The Morgan fingerprint density at radius 2 is 1.77 bits per heavy atom. The first kappa shape index (κ1) is 15.3. The Labute approximate surface area is 141 Å². The molecule has 0 bridgehead atoms. The minimum atomic E-state index is -3.97. The van der Waals surface area contributed by atoms with Crippen LogP contribution >= 0.6 is 27.5 Å². The second kappa shape index (κ2) is 5.87. The summed E-state index contributed by atoms with van der Waals surface area (Å²) in [7, 11) is -3.97. The highest BCUT2D eigenvalue weighted by atomic mass is 79.9. The molecular weight excluding hydrogens is 390 g/mol. The van der Waals surface area contributed by atoms with Gasteiger partial charge in [0.1, 0.15) is 15.8 Å². The van der Waals surface area contributed by atoms with Gasteiger partial charge in [-0.05, 0) is 44.9 Å². The van der Waals surface area contributed by atoms with Crippen molar-refractivity contribution in [2.24, 2.45) is 0 Å². The lowest BCUT2D eigenvalue weighted by Gasteiger charge is -2.08. The third kappa shape index (κ3) is 3.09. The summed E-state index contributed by atoms with van der Waals surface area (Å²) < 4.78 is 30.1. The van der Waals surface area contributed by atoms with E-state index in [1.54, 1.807) is 18.2 Å². The second-order valence-corrected chi connectivity index (χ2v) is 7.25. The molecule has 22 heavy (non-hydrogen) atoms. The lowest BCUT2D eigenvalue weighted by atomic mass is 10.1. The SMILES string of the molecule is O=S(=O)(Oc1ccc2ccccc2c1)c1cnc(Cl)c(Br)c1. The number of pyridine rings is 1. The van der Waals surface area contributed by atoms with Gasteiger partial charge < -0.3 is 4.18 Å². The van der Waals surface area contributed by atoms with Crippen LogP contribution in [0, 0.1) is 0 Å². The molecule has 4 nitrogen and oxygen atoms in total. The van der Waals surface area contributed by atoms with E-state index in [4.69, 9.17) is 15.8 Å². The molecule has 0 radical (unpaired) electrons. The van der Waals surface area contributed by atoms with Gasteiger partial charge in [0, 0.05) is 0 Å². The first-order valence-corrected chi connectivity index (χ1v) is 8.78. The maximum absolute atomic E-state index is 12.3. The fourth-order valence-corrected chi connectivity index (χ4v) is 3.44. The van der Waals surface area contributed by atoms with Gasteiger partial charge in [-0.1, -0.05) is 41.9 Å². The molecular formula is C15H9BrClNO3S. The quantitative estimate of drug-likeness (QED) is 0.484. The van der Waals surface area contributed by atoms with Crippen LogP contribution in [0.5, 0.6) is 5.75 Å². The van der Waals surface area contributed by atoms with Crippen LogP contribution in [0.2, 0.25) is 5.15 Å².